The minimum Gasteiger partial charge on any atom is -0.306 e. The van der Waals surface area contributed by atoms with Gasteiger partial charge in [0.2, 0.25) is 0 Å². The van der Waals surface area contributed by atoms with Crippen LogP contribution in [0.4, 0.5) is 0 Å². The normalized spacial score (nSPS) is 12.6. The highest BCUT2D eigenvalue weighted by Crippen LogP contribution is 2.27. The molecular weight excluding hydrogens is 329 g/mol. The van der Waals surface area contributed by atoms with E-state index < -0.39 is 0 Å². The molecule has 0 aliphatic rings. The van der Waals surface area contributed by atoms with Crippen molar-refractivity contribution in [1.29, 1.82) is 0 Å². The van der Waals surface area contributed by atoms with E-state index in [0.717, 1.165) is 6.54 Å². The monoisotopic (exact) mass is 343 g/mol. The Morgan fingerprint density at radius 1 is 1.31 bits per heavy atom. The summed E-state index contributed by atoms with van der Waals surface area (Å²) >= 11 is 4.16. The first kappa shape index (κ1) is 12.1. The first-order chi connectivity index (χ1) is 7.83. The highest BCUT2D eigenvalue weighted by molar-refractivity contribution is 14.1. The van der Waals surface area contributed by atoms with Crippen LogP contribution in [0.25, 0.3) is 0 Å². The van der Waals surface area contributed by atoms with E-state index in [4.69, 9.17) is 0 Å². The van der Waals surface area contributed by atoms with Crippen molar-refractivity contribution in [2.45, 2.75) is 13.0 Å². The smallest absolute Gasteiger partial charge is 0.0595 e. The molecule has 1 aromatic heterocycles. The van der Waals surface area contributed by atoms with Gasteiger partial charge in [0.15, 0.2) is 0 Å². The summed E-state index contributed by atoms with van der Waals surface area (Å²) in [6, 6.07) is 11.1. The van der Waals surface area contributed by atoms with Crippen LogP contribution in [-0.4, -0.2) is 6.54 Å². The van der Waals surface area contributed by atoms with Crippen molar-refractivity contribution in [3.63, 3.8) is 0 Å². The second-order valence-corrected chi connectivity index (χ2v) is 5.51. The summed E-state index contributed by atoms with van der Waals surface area (Å²) in [5, 5.41) is 7.90. The molecule has 84 valence electrons. The molecule has 2 aromatic rings. The first-order valence-electron chi connectivity index (χ1n) is 5.33. The van der Waals surface area contributed by atoms with E-state index in [0.29, 0.717) is 6.04 Å². The van der Waals surface area contributed by atoms with Crippen LogP contribution >= 0.6 is 33.9 Å². The van der Waals surface area contributed by atoms with Crippen molar-refractivity contribution < 1.29 is 0 Å². The van der Waals surface area contributed by atoms with Crippen LogP contribution in [0.5, 0.6) is 0 Å². The Morgan fingerprint density at radius 3 is 2.75 bits per heavy atom. The Balaban J connectivity index is 2.37. The third-order valence-corrected chi connectivity index (χ3v) is 4.18. The fourth-order valence-electron chi connectivity index (χ4n) is 1.76. The zero-order valence-corrected chi connectivity index (χ0v) is 12.1. The molecule has 0 saturated carbocycles. The highest BCUT2D eigenvalue weighted by atomic mass is 127. The lowest BCUT2D eigenvalue weighted by molar-refractivity contribution is 0.630. The predicted octanol–water partition coefficient (Wildman–Crippen LogP) is 4.05. The molecule has 1 aromatic carbocycles. The number of hydrogen-bond donors (Lipinski definition) is 1. The molecule has 0 aliphatic carbocycles. The van der Waals surface area contributed by atoms with Crippen molar-refractivity contribution in [1.82, 2.24) is 5.32 Å². The minimum absolute atomic E-state index is 0.323. The van der Waals surface area contributed by atoms with E-state index >= 15 is 0 Å². The molecule has 1 N–H and O–H groups in total. The molecule has 0 amide bonds. The number of nitrogens with one attached hydrogen (secondary N) is 1. The van der Waals surface area contributed by atoms with Gasteiger partial charge in [0.25, 0.3) is 0 Å². The summed E-state index contributed by atoms with van der Waals surface area (Å²) in [5.74, 6) is 0. The van der Waals surface area contributed by atoms with Gasteiger partial charge in [-0.3, -0.25) is 0 Å². The standard InChI is InChI=1S/C13H14INS/c1-2-15-13(10-7-8-16-9-10)11-5-3-4-6-12(11)14/h3-9,13,15H,2H2,1H3. The van der Waals surface area contributed by atoms with E-state index in [9.17, 15) is 0 Å². The molecule has 1 nitrogen and oxygen atoms in total. The first-order valence-corrected chi connectivity index (χ1v) is 7.35. The lowest BCUT2D eigenvalue weighted by Crippen LogP contribution is -2.22. The van der Waals surface area contributed by atoms with Crippen LogP contribution in [-0.2, 0) is 0 Å². The molecule has 1 heterocycles. The van der Waals surface area contributed by atoms with Crippen molar-refractivity contribution in [2.75, 3.05) is 6.54 Å². The topological polar surface area (TPSA) is 12.0 Å². The van der Waals surface area contributed by atoms with Gasteiger partial charge in [-0.15, -0.1) is 0 Å². The van der Waals surface area contributed by atoms with Crippen molar-refractivity contribution in [3.05, 3.63) is 55.8 Å². The Morgan fingerprint density at radius 2 is 2.12 bits per heavy atom. The third-order valence-electron chi connectivity index (χ3n) is 2.50. The zero-order valence-electron chi connectivity index (χ0n) is 9.11. The second-order valence-electron chi connectivity index (χ2n) is 3.57. The summed E-state index contributed by atoms with van der Waals surface area (Å²) < 4.78 is 1.32. The van der Waals surface area contributed by atoms with Gasteiger partial charge in [-0.25, -0.2) is 0 Å². The molecule has 1 atom stereocenters. The maximum atomic E-state index is 3.54. The van der Waals surface area contributed by atoms with Crippen LogP contribution in [0.3, 0.4) is 0 Å². The van der Waals surface area contributed by atoms with Gasteiger partial charge in [-0.05, 0) is 63.2 Å². The lowest BCUT2D eigenvalue weighted by Gasteiger charge is -2.18. The predicted molar refractivity (Wildman–Crippen MR) is 79.0 cm³/mol. The van der Waals surface area contributed by atoms with E-state index in [1.165, 1.54) is 14.7 Å². The molecule has 0 fully saturated rings. The average Bonchev–Trinajstić information content (AvgIpc) is 2.80. The molecule has 0 bridgehead atoms. The Hall–Kier alpha value is -0.390. The van der Waals surface area contributed by atoms with E-state index in [2.05, 4.69) is 75.9 Å². The molecule has 3 heteroatoms. The summed E-state index contributed by atoms with van der Waals surface area (Å²) in [7, 11) is 0. The Labute approximate surface area is 114 Å². The average molecular weight is 343 g/mol. The minimum atomic E-state index is 0.323. The lowest BCUT2D eigenvalue weighted by atomic mass is 10.0. The fourth-order valence-corrected chi connectivity index (χ4v) is 3.14. The van der Waals surface area contributed by atoms with Crippen LogP contribution < -0.4 is 5.32 Å². The second kappa shape index (κ2) is 5.80. The zero-order chi connectivity index (χ0) is 11.4. The number of halogens is 1. The molecule has 0 saturated heterocycles. The quantitative estimate of drug-likeness (QED) is 0.826. The molecule has 16 heavy (non-hydrogen) atoms. The number of hydrogen-bond acceptors (Lipinski definition) is 2. The maximum absolute atomic E-state index is 3.54. The van der Waals surface area contributed by atoms with Crippen molar-refractivity contribution >= 4 is 33.9 Å². The van der Waals surface area contributed by atoms with Gasteiger partial charge in [-0.2, -0.15) is 11.3 Å². The van der Waals surface area contributed by atoms with Crippen molar-refractivity contribution in [3.8, 4) is 0 Å². The summed E-state index contributed by atoms with van der Waals surface area (Å²) in [6.07, 6.45) is 0. The van der Waals surface area contributed by atoms with Crippen LogP contribution in [0, 0.1) is 3.57 Å². The summed E-state index contributed by atoms with van der Waals surface area (Å²) in [6.45, 7) is 3.13. The van der Waals surface area contributed by atoms with Gasteiger partial charge in [0, 0.05) is 3.57 Å². The van der Waals surface area contributed by atoms with E-state index in [1.54, 1.807) is 11.3 Å². The Bertz CT molecular complexity index is 439. The van der Waals surface area contributed by atoms with Crippen LogP contribution in [0.15, 0.2) is 41.1 Å². The highest BCUT2D eigenvalue weighted by Gasteiger charge is 2.15. The largest absolute Gasteiger partial charge is 0.306 e. The SMILES string of the molecule is CCNC(c1ccsc1)c1ccccc1I. The van der Waals surface area contributed by atoms with E-state index in [-0.39, 0.29) is 0 Å². The summed E-state index contributed by atoms with van der Waals surface area (Å²) in [5.41, 5.74) is 2.72. The summed E-state index contributed by atoms with van der Waals surface area (Å²) in [4.78, 5) is 0. The molecule has 0 radical (unpaired) electrons. The molecule has 2 rings (SSSR count). The van der Waals surface area contributed by atoms with Gasteiger partial charge in [-0.1, -0.05) is 25.1 Å². The molecular formula is C13H14INS. The van der Waals surface area contributed by atoms with E-state index in [1.807, 2.05) is 0 Å². The van der Waals surface area contributed by atoms with Crippen LogP contribution in [0.1, 0.15) is 24.1 Å². The number of benzene rings is 1. The van der Waals surface area contributed by atoms with Gasteiger partial charge in [0.05, 0.1) is 6.04 Å². The van der Waals surface area contributed by atoms with Crippen molar-refractivity contribution in [2.24, 2.45) is 0 Å². The third kappa shape index (κ3) is 2.64. The Kier molecular flexibility index (Phi) is 4.37. The molecule has 1 unspecified atom stereocenters. The fraction of sp³-hybridized carbons (Fsp3) is 0.231. The van der Waals surface area contributed by atoms with Gasteiger partial charge < -0.3 is 5.32 Å². The van der Waals surface area contributed by atoms with Gasteiger partial charge >= 0.3 is 0 Å². The molecule has 0 spiro atoms. The van der Waals surface area contributed by atoms with Gasteiger partial charge in [0.1, 0.15) is 0 Å². The number of rotatable bonds is 4. The van der Waals surface area contributed by atoms with Crippen LogP contribution in [0.2, 0.25) is 0 Å². The number of thiophene rings is 1. The maximum Gasteiger partial charge on any atom is 0.0595 e. The molecule has 0 aliphatic heterocycles.